The Morgan fingerprint density at radius 2 is 1.70 bits per heavy atom. The van der Waals surface area contributed by atoms with Gasteiger partial charge in [-0.15, -0.1) is 0 Å². The minimum Gasteiger partial charge on any atom is -0.391 e. The Hall–Kier alpha value is -0.680. The van der Waals surface area contributed by atoms with Crippen LogP contribution >= 0.6 is 12.2 Å². The van der Waals surface area contributed by atoms with Crippen LogP contribution in [0.2, 0.25) is 0 Å². The fourth-order valence-corrected chi connectivity index (χ4v) is 3.62. The van der Waals surface area contributed by atoms with Gasteiger partial charge in [0.1, 0.15) is 0 Å². The molecule has 1 heterocycles. The lowest BCUT2D eigenvalue weighted by molar-refractivity contribution is -0.133. The third kappa shape index (κ3) is 3.14. The molecule has 0 radical (unpaired) electrons. The molecule has 0 spiro atoms. The van der Waals surface area contributed by atoms with Crippen LogP contribution in [-0.2, 0) is 4.79 Å². The number of thiocarbonyl (C=S) groups is 1. The Bertz CT molecular complexity index is 383. The van der Waals surface area contributed by atoms with Crippen molar-refractivity contribution < 1.29 is 4.79 Å². The first-order chi connectivity index (χ1) is 9.38. The minimum atomic E-state index is -0.473. The molecule has 1 saturated heterocycles. The van der Waals surface area contributed by atoms with E-state index in [4.69, 9.17) is 18.0 Å². The molecule has 0 unspecified atom stereocenters. The van der Waals surface area contributed by atoms with E-state index in [9.17, 15) is 4.79 Å². The molecule has 1 aliphatic heterocycles. The number of hydrogen-bond acceptors (Lipinski definition) is 3. The summed E-state index contributed by atoms with van der Waals surface area (Å²) in [5.41, 5.74) is 5.26. The summed E-state index contributed by atoms with van der Waals surface area (Å²) in [5, 5.41) is 3.23. The van der Waals surface area contributed by atoms with Gasteiger partial charge in [0.25, 0.3) is 0 Å². The molecule has 0 aromatic rings. The van der Waals surface area contributed by atoms with Crippen molar-refractivity contribution in [1.29, 1.82) is 0 Å². The van der Waals surface area contributed by atoms with Crippen molar-refractivity contribution in [2.75, 3.05) is 20.1 Å². The highest BCUT2D eigenvalue weighted by Crippen LogP contribution is 2.37. The van der Waals surface area contributed by atoms with Crippen molar-refractivity contribution in [3.8, 4) is 0 Å². The van der Waals surface area contributed by atoms with E-state index in [1.54, 1.807) is 0 Å². The number of amides is 1. The van der Waals surface area contributed by atoms with E-state index in [0.29, 0.717) is 4.99 Å². The van der Waals surface area contributed by atoms with Crippen LogP contribution in [0.3, 0.4) is 0 Å². The van der Waals surface area contributed by atoms with Gasteiger partial charge in [-0.2, -0.15) is 0 Å². The molecule has 20 heavy (non-hydrogen) atoms. The van der Waals surface area contributed by atoms with Crippen LogP contribution in [-0.4, -0.2) is 41.5 Å². The van der Waals surface area contributed by atoms with Crippen LogP contribution in [0.4, 0.5) is 0 Å². The van der Waals surface area contributed by atoms with Gasteiger partial charge in [-0.3, -0.25) is 4.79 Å². The second kappa shape index (κ2) is 5.98. The van der Waals surface area contributed by atoms with Gasteiger partial charge in [-0.05, 0) is 32.7 Å². The maximum Gasteiger partial charge on any atom is 0.226 e. The number of hydrogen-bond donors (Lipinski definition) is 2. The molecule has 0 aromatic carbocycles. The molecule has 2 fully saturated rings. The number of rotatable bonds is 3. The largest absolute Gasteiger partial charge is 0.391 e. The summed E-state index contributed by atoms with van der Waals surface area (Å²) in [6.45, 7) is 3.94. The maximum absolute atomic E-state index is 12.7. The van der Waals surface area contributed by atoms with Crippen molar-refractivity contribution in [1.82, 2.24) is 10.2 Å². The summed E-state index contributed by atoms with van der Waals surface area (Å²) >= 11 is 5.27. The number of likely N-dealkylation sites (tertiary alicyclic amines) is 1. The molecule has 1 saturated carbocycles. The first-order valence-electron chi connectivity index (χ1n) is 7.69. The molecular weight excluding hydrogens is 270 g/mol. The van der Waals surface area contributed by atoms with Crippen molar-refractivity contribution in [3.63, 3.8) is 0 Å². The molecule has 0 aromatic heterocycles. The Morgan fingerprint density at radius 1 is 1.15 bits per heavy atom. The van der Waals surface area contributed by atoms with E-state index in [-0.39, 0.29) is 11.3 Å². The zero-order valence-electron chi connectivity index (χ0n) is 12.7. The summed E-state index contributed by atoms with van der Waals surface area (Å²) < 4.78 is 0. The lowest BCUT2D eigenvalue weighted by Crippen LogP contribution is -2.63. The second-order valence-electron chi connectivity index (χ2n) is 6.83. The highest BCUT2D eigenvalue weighted by molar-refractivity contribution is 7.80. The zero-order valence-corrected chi connectivity index (χ0v) is 13.5. The quantitative estimate of drug-likeness (QED) is 0.780. The monoisotopic (exact) mass is 297 g/mol. The average Bonchev–Trinajstić information content (AvgIpc) is 2.42. The number of nitrogens with two attached hydrogens (primary N) is 1. The van der Waals surface area contributed by atoms with E-state index in [0.717, 1.165) is 51.6 Å². The number of nitrogens with one attached hydrogen (secondary N) is 1. The molecule has 4 nitrogen and oxygen atoms in total. The number of piperidine rings is 1. The second-order valence-corrected chi connectivity index (χ2v) is 7.26. The van der Waals surface area contributed by atoms with Crippen LogP contribution in [0.1, 0.15) is 51.9 Å². The molecule has 5 heteroatoms. The molecule has 3 N–H and O–H groups in total. The predicted octanol–water partition coefficient (Wildman–Crippen LogP) is 1.82. The van der Waals surface area contributed by atoms with E-state index < -0.39 is 5.54 Å². The highest BCUT2D eigenvalue weighted by Gasteiger charge is 2.43. The summed E-state index contributed by atoms with van der Waals surface area (Å²) in [6.07, 6.45) is 7.13. The van der Waals surface area contributed by atoms with Gasteiger partial charge in [0, 0.05) is 18.5 Å². The highest BCUT2D eigenvalue weighted by atomic mass is 32.1. The smallest absolute Gasteiger partial charge is 0.226 e. The minimum absolute atomic E-state index is 0.148. The van der Waals surface area contributed by atoms with Gasteiger partial charge in [-0.25, -0.2) is 0 Å². The third-order valence-corrected chi connectivity index (χ3v) is 5.56. The molecule has 1 amide bonds. The van der Waals surface area contributed by atoms with Crippen LogP contribution in [0, 0.1) is 5.41 Å². The Labute approximate surface area is 127 Å². The summed E-state index contributed by atoms with van der Waals surface area (Å²) in [5.74, 6) is 0.148. The standard InChI is InChI=1S/C15H27N3OS/c1-14(6-4-3-5-7-14)13(19)17-15(12(16)20)8-10-18(2)11-9-15/h3-11H2,1-2H3,(H2,16,20)(H,17,19). The first kappa shape index (κ1) is 15.7. The van der Waals surface area contributed by atoms with Crippen molar-refractivity contribution in [3.05, 3.63) is 0 Å². The van der Waals surface area contributed by atoms with Gasteiger partial charge in [0.15, 0.2) is 0 Å². The van der Waals surface area contributed by atoms with E-state index in [2.05, 4.69) is 24.2 Å². The number of carbonyl (C=O) groups is 1. The van der Waals surface area contributed by atoms with E-state index >= 15 is 0 Å². The number of carbonyl (C=O) groups excluding carboxylic acids is 1. The first-order valence-corrected chi connectivity index (χ1v) is 8.10. The van der Waals surface area contributed by atoms with Crippen LogP contribution < -0.4 is 11.1 Å². The normalized spacial score (nSPS) is 25.9. The van der Waals surface area contributed by atoms with Crippen LogP contribution in [0.25, 0.3) is 0 Å². The fraction of sp³-hybridized carbons (Fsp3) is 0.867. The Morgan fingerprint density at radius 3 is 2.20 bits per heavy atom. The molecule has 114 valence electrons. The topological polar surface area (TPSA) is 58.4 Å². The van der Waals surface area contributed by atoms with Crippen LogP contribution in [0.5, 0.6) is 0 Å². The molecule has 0 atom stereocenters. The molecule has 1 aliphatic carbocycles. The predicted molar refractivity (Wildman–Crippen MR) is 85.6 cm³/mol. The Kier molecular flexibility index (Phi) is 4.69. The van der Waals surface area contributed by atoms with Gasteiger partial charge in [0.05, 0.1) is 10.5 Å². The van der Waals surface area contributed by atoms with Gasteiger partial charge < -0.3 is 16.0 Å². The van der Waals surface area contributed by atoms with Gasteiger partial charge in [0.2, 0.25) is 5.91 Å². The molecule has 0 bridgehead atoms. The van der Waals surface area contributed by atoms with Gasteiger partial charge >= 0.3 is 0 Å². The average molecular weight is 297 g/mol. The zero-order chi connectivity index (χ0) is 14.8. The van der Waals surface area contributed by atoms with E-state index in [1.165, 1.54) is 6.42 Å². The lowest BCUT2D eigenvalue weighted by atomic mass is 9.74. The van der Waals surface area contributed by atoms with Gasteiger partial charge in [-0.1, -0.05) is 38.4 Å². The summed E-state index contributed by atoms with van der Waals surface area (Å²) in [4.78, 5) is 15.4. The summed E-state index contributed by atoms with van der Waals surface area (Å²) in [7, 11) is 2.09. The van der Waals surface area contributed by atoms with E-state index in [1.807, 2.05) is 0 Å². The SMILES string of the molecule is CN1CCC(NC(=O)C2(C)CCCCC2)(C(N)=S)CC1. The Balaban J connectivity index is 2.08. The van der Waals surface area contributed by atoms with Crippen molar-refractivity contribution in [2.24, 2.45) is 11.1 Å². The molecular formula is C15H27N3OS. The van der Waals surface area contributed by atoms with Crippen LogP contribution in [0.15, 0.2) is 0 Å². The maximum atomic E-state index is 12.7. The molecule has 2 rings (SSSR count). The lowest BCUT2D eigenvalue weighted by Gasteiger charge is -2.43. The third-order valence-electron chi connectivity index (χ3n) is 5.17. The molecule has 2 aliphatic rings. The number of nitrogens with zero attached hydrogens (tertiary/aromatic N) is 1. The van der Waals surface area contributed by atoms with Crippen molar-refractivity contribution >= 4 is 23.1 Å². The summed E-state index contributed by atoms with van der Waals surface area (Å²) in [6, 6.07) is 0. The van der Waals surface area contributed by atoms with Crippen molar-refractivity contribution in [2.45, 2.75) is 57.4 Å². The fourth-order valence-electron chi connectivity index (χ4n) is 3.36.